The van der Waals surface area contributed by atoms with Crippen LogP contribution in [0.2, 0.25) is 0 Å². The number of urea groups is 1. The van der Waals surface area contributed by atoms with E-state index in [0.717, 1.165) is 4.90 Å². The molecule has 0 saturated carbocycles. The Morgan fingerprint density at radius 1 is 1.19 bits per heavy atom. The van der Waals surface area contributed by atoms with Crippen molar-refractivity contribution in [2.75, 3.05) is 6.54 Å². The van der Waals surface area contributed by atoms with Gasteiger partial charge in [-0.25, -0.2) is 4.79 Å². The zero-order valence-electron chi connectivity index (χ0n) is 14.8. The zero-order valence-corrected chi connectivity index (χ0v) is 14.8. The molecule has 1 aliphatic carbocycles. The second-order valence-electron chi connectivity index (χ2n) is 6.74. The van der Waals surface area contributed by atoms with Crippen LogP contribution in [0.5, 0.6) is 0 Å². The number of allylic oxidation sites excluding steroid dienone is 2. The van der Waals surface area contributed by atoms with Crippen LogP contribution in [-0.4, -0.2) is 47.3 Å². The molecule has 0 unspecified atom stereocenters. The van der Waals surface area contributed by atoms with Crippen molar-refractivity contribution in [3.05, 3.63) is 12.2 Å². The van der Waals surface area contributed by atoms with Crippen LogP contribution in [0.1, 0.15) is 33.1 Å². The first kappa shape index (κ1) is 19.6. The normalized spacial score (nSPS) is 23.0. The zero-order chi connectivity index (χ0) is 19.4. The molecule has 0 aromatic rings. The molecule has 142 valence electrons. The van der Waals surface area contributed by atoms with Crippen molar-refractivity contribution in [2.45, 2.75) is 39.2 Å². The van der Waals surface area contributed by atoms with E-state index in [1.165, 1.54) is 0 Å². The van der Waals surface area contributed by atoms with E-state index in [9.17, 15) is 24.0 Å². The van der Waals surface area contributed by atoms with E-state index in [2.05, 4.69) is 0 Å². The minimum absolute atomic E-state index is 0.0915. The fraction of sp³-hybridized carbons (Fsp3) is 0.588. The smallest absolute Gasteiger partial charge is 0.318 e. The molecule has 2 aliphatic rings. The molecule has 1 saturated heterocycles. The van der Waals surface area contributed by atoms with Gasteiger partial charge in [0.1, 0.15) is 0 Å². The van der Waals surface area contributed by atoms with E-state index in [0.29, 0.717) is 12.8 Å². The number of amides is 5. The second-order valence-corrected chi connectivity index (χ2v) is 6.74. The number of primary amides is 1. The van der Waals surface area contributed by atoms with E-state index < -0.39 is 24.0 Å². The highest BCUT2D eigenvalue weighted by atomic mass is 16.5. The third kappa shape index (κ3) is 4.27. The Hall–Kier alpha value is -2.71. The average molecular weight is 365 g/mol. The molecule has 0 aromatic heterocycles. The van der Waals surface area contributed by atoms with Crippen LogP contribution >= 0.6 is 0 Å². The molecule has 3 N–H and O–H groups in total. The van der Waals surface area contributed by atoms with Crippen molar-refractivity contribution < 1.29 is 28.7 Å². The van der Waals surface area contributed by atoms with Crippen molar-refractivity contribution in [3.8, 4) is 0 Å². The van der Waals surface area contributed by atoms with Crippen molar-refractivity contribution in [3.63, 3.8) is 0 Å². The minimum Gasteiger partial charge on any atom is -0.452 e. The summed E-state index contributed by atoms with van der Waals surface area (Å²) in [5, 5.41) is 1.87. The van der Waals surface area contributed by atoms with Crippen LogP contribution in [-0.2, 0) is 23.9 Å². The monoisotopic (exact) mass is 365 g/mol. The minimum atomic E-state index is -1.19. The maximum absolute atomic E-state index is 12.3. The standard InChI is InChI=1S/C17H23N3O6/c1-9(2)13(14(22)19-17(18)25)26-12(21)7-8-20-15(23)10-5-3-4-6-11(10)16(20)24/h3-4,9-11,13H,5-8H2,1-2H3,(H3,18,19,22,25)/t10-,11-,13+/m0/s1. The fourth-order valence-electron chi connectivity index (χ4n) is 3.18. The van der Waals surface area contributed by atoms with Gasteiger partial charge in [0.2, 0.25) is 11.8 Å². The number of carbonyl (C=O) groups excluding carboxylic acids is 5. The van der Waals surface area contributed by atoms with Gasteiger partial charge in [0, 0.05) is 6.54 Å². The van der Waals surface area contributed by atoms with Gasteiger partial charge in [-0.05, 0) is 18.8 Å². The number of nitrogens with two attached hydrogens (primary N) is 1. The van der Waals surface area contributed by atoms with Crippen LogP contribution in [0, 0.1) is 17.8 Å². The Kier molecular flexibility index (Phi) is 6.12. The number of carbonyl (C=O) groups is 5. The molecular weight excluding hydrogens is 342 g/mol. The number of ether oxygens (including phenoxy) is 1. The summed E-state index contributed by atoms with van der Waals surface area (Å²) in [5.41, 5.74) is 4.89. The molecule has 26 heavy (non-hydrogen) atoms. The SMILES string of the molecule is CC(C)[C@@H](OC(=O)CCN1C(=O)[C@H]2CC=CC[C@@H]2C1=O)C(=O)NC(N)=O. The highest BCUT2D eigenvalue weighted by molar-refractivity contribution is 6.05. The van der Waals surface area contributed by atoms with Crippen molar-refractivity contribution in [2.24, 2.45) is 23.5 Å². The highest BCUT2D eigenvalue weighted by Crippen LogP contribution is 2.35. The number of rotatable bonds is 6. The summed E-state index contributed by atoms with van der Waals surface area (Å²) in [5.74, 6) is -3.19. The quantitative estimate of drug-likeness (QED) is 0.389. The lowest BCUT2D eigenvalue weighted by atomic mass is 9.85. The van der Waals surface area contributed by atoms with Gasteiger partial charge in [0.05, 0.1) is 18.3 Å². The lowest BCUT2D eigenvalue weighted by molar-refractivity contribution is -0.159. The van der Waals surface area contributed by atoms with Gasteiger partial charge in [-0.3, -0.25) is 29.4 Å². The summed E-state index contributed by atoms with van der Waals surface area (Å²) >= 11 is 0. The third-order valence-corrected chi connectivity index (χ3v) is 4.51. The predicted octanol–water partition coefficient (Wildman–Crippen LogP) is 0.0904. The largest absolute Gasteiger partial charge is 0.452 e. The summed E-state index contributed by atoms with van der Waals surface area (Å²) in [4.78, 5) is 60.4. The first-order chi connectivity index (χ1) is 12.2. The number of likely N-dealkylation sites (tertiary alicyclic amines) is 1. The predicted molar refractivity (Wildman–Crippen MR) is 89.1 cm³/mol. The van der Waals surface area contributed by atoms with Crippen molar-refractivity contribution in [1.82, 2.24) is 10.2 Å². The molecule has 2 rings (SSSR count). The van der Waals surface area contributed by atoms with E-state index in [1.54, 1.807) is 13.8 Å². The van der Waals surface area contributed by atoms with E-state index in [-0.39, 0.29) is 42.5 Å². The fourth-order valence-corrected chi connectivity index (χ4v) is 3.18. The summed E-state index contributed by atoms with van der Waals surface area (Å²) < 4.78 is 5.10. The molecule has 0 spiro atoms. The van der Waals surface area contributed by atoms with E-state index >= 15 is 0 Å². The van der Waals surface area contributed by atoms with Crippen molar-refractivity contribution >= 4 is 29.7 Å². The van der Waals surface area contributed by atoms with Crippen LogP contribution in [0.3, 0.4) is 0 Å². The number of nitrogens with zero attached hydrogens (tertiary/aromatic N) is 1. The van der Waals surface area contributed by atoms with Gasteiger partial charge in [-0.1, -0.05) is 26.0 Å². The van der Waals surface area contributed by atoms with Crippen LogP contribution in [0.25, 0.3) is 0 Å². The first-order valence-electron chi connectivity index (χ1n) is 8.52. The topological polar surface area (TPSA) is 136 Å². The molecule has 0 bridgehead atoms. The second kappa shape index (κ2) is 8.11. The number of nitrogens with one attached hydrogen (secondary N) is 1. The number of imide groups is 2. The summed E-state index contributed by atoms with van der Waals surface area (Å²) in [6.07, 6.45) is 3.41. The Labute approximate surface area is 150 Å². The molecule has 5 amide bonds. The molecule has 3 atom stereocenters. The number of fused-ring (bicyclic) bond motifs is 1. The van der Waals surface area contributed by atoms with Gasteiger partial charge < -0.3 is 10.5 Å². The Morgan fingerprint density at radius 3 is 2.19 bits per heavy atom. The van der Waals surface area contributed by atoms with E-state index in [4.69, 9.17) is 10.5 Å². The molecule has 1 heterocycles. The van der Waals surface area contributed by atoms with Crippen molar-refractivity contribution in [1.29, 1.82) is 0 Å². The summed E-state index contributed by atoms with van der Waals surface area (Å²) in [6.45, 7) is 3.19. The van der Waals surface area contributed by atoms with Crippen LogP contribution in [0.15, 0.2) is 12.2 Å². The Bertz CT molecular complexity index is 631. The van der Waals surface area contributed by atoms with E-state index in [1.807, 2.05) is 17.5 Å². The summed E-state index contributed by atoms with van der Waals surface area (Å²) in [7, 11) is 0. The number of esters is 1. The Balaban J connectivity index is 1.91. The molecule has 1 fully saturated rings. The lowest BCUT2D eigenvalue weighted by Crippen LogP contribution is -2.45. The Morgan fingerprint density at radius 2 is 1.73 bits per heavy atom. The van der Waals surface area contributed by atoms with Gasteiger partial charge in [-0.15, -0.1) is 0 Å². The van der Waals surface area contributed by atoms with Crippen LogP contribution in [0.4, 0.5) is 4.79 Å². The summed E-state index contributed by atoms with van der Waals surface area (Å²) in [6, 6.07) is -1.04. The number of hydrogen-bond donors (Lipinski definition) is 2. The average Bonchev–Trinajstić information content (AvgIpc) is 2.81. The highest BCUT2D eigenvalue weighted by Gasteiger charge is 2.47. The van der Waals surface area contributed by atoms with Gasteiger partial charge >= 0.3 is 12.0 Å². The maximum atomic E-state index is 12.3. The maximum Gasteiger partial charge on any atom is 0.318 e. The van der Waals surface area contributed by atoms with Gasteiger partial charge in [0.25, 0.3) is 5.91 Å². The molecule has 9 nitrogen and oxygen atoms in total. The molecule has 0 radical (unpaired) electrons. The van der Waals surface area contributed by atoms with Crippen LogP contribution < -0.4 is 11.1 Å². The molecular formula is C17H23N3O6. The first-order valence-corrected chi connectivity index (χ1v) is 8.52. The molecule has 9 heteroatoms. The molecule has 0 aromatic carbocycles. The number of hydrogen-bond acceptors (Lipinski definition) is 6. The van der Waals surface area contributed by atoms with Gasteiger partial charge in [0.15, 0.2) is 6.10 Å². The van der Waals surface area contributed by atoms with Gasteiger partial charge in [-0.2, -0.15) is 0 Å². The lowest BCUT2D eigenvalue weighted by Gasteiger charge is -2.20. The third-order valence-electron chi connectivity index (χ3n) is 4.51. The molecule has 1 aliphatic heterocycles.